The molecule has 1 N–H and O–H groups in total. The maximum atomic E-state index is 11.9. The molecule has 23 heavy (non-hydrogen) atoms. The number of benzene rings is 1. The van der Waals surface area contributed by atoms with E-state index in [1.807, 2.05) is 36.4 Å². The number of carbonyl (C=O) groups is 1. The van der Waals surface area contributed by atoms with Crippen molar-refractivity contribution in [2.24, 2.45) is 0 Å². The fourth-order valence-electron chi connectivity index (χ4n) is 1.94. The van der Waals surface area contributed by atoms with Crippen LogP contribution in [0.1, 0.15) is 10.4 Å². The van der Waals surface area contributed by atoms with E-state index in [-0.39, 0.29) is 5.91 Å². The molecule has 2 heterocycles. The third kappa shape index (κ3) is 4.14. The van der Waals surface area contributed by atoms with Crippen LogP contribution in [0.4, 0.5) is 0 Å². The molecule has 0 aliphatic heterocycles. The molecule has 0 radical (unpaired) electrons. The van der Waals surface area contributed by atoms with E-state index in [2.05, 4.69) is 20.3 Å². The molecule has 2 aromatic heterocycles. The molecule has 1 amide bonds. The number of pyridine rings is 1. The summed E-state index contributed by atoms with van der Waals surface area (Å²) in [5.74, 6) is 0.297. The summed E-state index contributed by atoms with van der Waals surface area (Å²) in [5, 5.41) is 3.45. The first kappa shape index (κ1) is 15.2. The summed E-state index contributed by atoms with van der Waals surface area (Å²) < 4.78 is 0. The first-order valence-electron chi connectivity index (χ1n) is 7.02. The van der Waals surface area contributed by atoms with Gasteiger partial charge in [0, 0.05) is 29.7 Å². The van der Waals surface area contributed by atoms with Gasteiger partial charge in [-0.25, -0.2) is 9.97 Å². The van der Waals surface area contributed by atoms with Crippen molar-refractivity contribution in [1.29, 1.82) is 0 Å². The van der Waals surface area contributed by atoms with Crippen LogP contribution >= 0.6 is 11.8 Å². The molecule has 3 rings (SSSR count). The Balaban J connectivity index is 1.60. The number of carbonyl (C=O) groups excluding carboxylic acids is 1. The fourth-order valence-corrected chi connectivity index (χ4v) is 2.57. The van der Waals surface area contributed by atoms with Crippen LogP contribution in [0.2, 0.25) is 0 Å². The van der Waals surface area contributed by atoms with Gasteiger partial charge in [-0.3, -0.25) is 9.78 Å². The molecular weight excluding hydrogens is 308 g/mol. The molecule has 5 nitrogen and oxygen atoms in total. The van der Waals surface area contributed by atoms with E-state index < -0.39 is 0 Å². The largest absolute Gasteiger partial charge is 0.343 e. The van der Waals surface area contributed by atoms with Crippen LogP contribution in [-0.2, 0) is 0 Å². The summed E-state index contributed by atoms with van der Waals surface area (Å²) in [5.41, 5.74) is 2.38. The Bertz CT molecular complexity index is 781. The molecule has 6 heteroatoms. The summed E-state index contributed by atoms with van der Waals surface area (Å²) in [6.45, 7) is 0. The van der Waals surface area contributed by atoms with Gasteiger partial charge in [-0.1, -0.05) is 30.0 Å². The molecule has 0 saturated carbocycles. The molecule has 0 unspecified atom stereocenters. The van der Waals surface area contributed by atoms with Gasteiger partial charge < -0.3 is 5.32 Å². The van der Waals surface area contributed by atoms with Crippen molar-refractivity contribution in [3.8, 4) is 11.3 Å². The molecule has 0 atom stereocenters. The van der Waals surface area contributed by atoms with Crippen LogP contribution in [0.25, 0.3) is 11.3 Å². The van der Waals surface area contributed by atoms with Crippen LogP contribution in [0, 0.1) is 0 Å². The molecule has 0 aliphatic carbocycles. The predicted octanol–water partition coefficient (Wildman–Crippen LogP) is 3.02. The minimum Gasteiger partial charge on any atom is -0.343 e. The highest BCUT2D eigenvalue weighted by molar-refractivity contribution is 7.99. The Morgan fingerprint density at radius 1 is 1.04 bits per heavy atom. The monoisotopic (exact) mass is 322 g/mol. The average Bonchev–Trinajstić information content (AvgIpc) is 2.63. The lowest BCUT2D eigenvalue weighted by molar-refractivity contribution is 0.0961. The van der Waals surface area contributed by atoms with E-state index in [4.69, 9.17) is 0 Å². The second-order valence-corrected chi connectivity index (χ2v) is 5.57. The molecule has 114 valence electrons. The van der Waals surface area contributed by atoms with Crippen LogP contribution in [0.15, 0.2) is 72.3 Å². The molecule has 0 aliphatic rings. The van der Waals surface area contributed by atoms with Crippen LogP contribution in [0.3, 0.4) is 0 Å². The Hall–Kier alpha value is -2.73. The summed E-state index contributed by atoms with van der Waals surface area (Å²) >= 11 is 1.38. The number of nitrogens with one attached hydrogen (secondary N) is 1. The number of nitrogens with zero attached hydrogens (tertiary/aromatic N) is 3. The topological polar surface area (TPSA) is 67.8 Å². The van der Waals surface area contributed by atoms with Crippen molar-refractivity contribution in [3.05, 3.63) is 72.7 Å². The lowest BCUT2D eigenvalue weighted by Gasteiger charge is -2.05. The SMILES string of the molecule is O=C(NCSc1nccc(-c2cccnc2)n1)c1ccccc1. The number of hydrogen-bond acceptors (Lipinski definition) is 5. The normalized spacial score (nSPS) is 10.3. The Labute approximate surface area is 138 Å². The van der Waals surface area contributed by atoms with Gasteiger partial charge in [-0.05, 0) is 30.3 Å². The lowest BCUT2D eigenvalue weighted by atomic mass is 10.2. The Morgan fingerprint density at radius 2 is 1.91 bits per heavy atom. The first-order chi connectivity index (χ1) is 11.3. The molecule has 3 aromatic rings. The minimum absolute atomic E-state index is 0.110. The zero-order valence-corrected chi connectivity index (χ0v) is 13.0. The number of hydrogen-bond donors (Lipinski definition) is 1. The summed E-state index contributed by atoms with van der Waals surface area (Å²) in [6, 6.07) is 14.8. The number of amides is 1. The van der Waals surface area contributed by atoms with E-state index in [0.29, 0.717) is 16.6 Å². The van der Waals surface area contributed by atoms with Gasteiger partial charge in [0.2, 0.25) is 0 Å². The molecule has 0 bridgehead atoms. The van der Waals surface area contributed by atoms with Gasteiger partial charge in [-0.2, -0.15) is 0 Å². The number of rotatable bonds is 5. The van der Waals surface area contributed by atoms with Crippen LogP contribution in [-0.4, -0.2) is 26.7 Å². The van der Waals surface area contributed by atoms with Gasteiger partial charge in [0.25, 0.3) is 5.91 Å². The third-order valence-electron chi connectivity index (χ3n) is 3.06. The lowest BCUT2D eigenvalue weighted by Crippen LogP contribution is -2.22. The fraction of sp³-hybridized carbons (Fsp3) is 0.0588. The third-order valence-corrected chi connectivity index (χ3v) is 3.80. The van der Waals surface area contributed by atoms with Crippen molar-refractivity contribution in [2.75, 3.05) is 5.88 Å². The zero-order chi connectivity index (χ0) is 15.9. The van der Waals surface area contributed by atoms with Crippen molar-refractivity contribution in [3.63, 3.8) is 0 Å². The summed E-state index contributed by atoms with van der Waals surface area (Å²) in [6.07, 6.45) is 5.18. The van der Waals surface area contributed by atoms with Crippen molar-refractivity contribution in [2.45, 2.75) is 5.16 Å². The van der Waals surface area contributed by atoms with Crippen molar-refractivity contribution in [1.82, 2.24) is 20.3 Å². The van der Waals surface area contributed by atoms with E-state index in [1.165, 1.54) is 11.8 Å². The Kier molecular flexibility index (Phi) is 4.95. The average molecular weight is 322 g/mol. The van der Waals surface area contributed by atoms with Gasteiger partial charge in [-0.15, -0.1) is 0 Å². The van der Waals surface area contributed by atoms with Gasteiger partial charge in [0.15, 0.2) is 5.16 Å². The van der Waals surface area contributed by atoms with Gasteiger partial charge in [0.1, 0.15) is 0 Å². The quantitative estimate of drug-likeness (QED) is 0.444. The number of aromatic nitrogens is 3. The van der Waals surface area contributed by atoms with E-state index >= 15 is 0 Å². The molecule has 0 fully saturated rings. The molecule has 0 saturated heterocycles. The second-order valence-electron chi connectivity index (χ2n) is 4.63. The number of thioether (sulfide) groups is 1. The predicted molar refractivity (Wildman–Crippen MR) is 89.9 cm³/mol. The summed E-state index contributed by atoms with van der Waals surface area (Å²) in [4.78, 5) is 24.7. The maximum absolute atomic E-state index is 11.9. The van der Waals surface area contributed by atoms with E-state index in [9.17, 15) is 4.79 Å². The molecule has 0 spiro atoms. The van der Waals surface area contributed by atoms with Crippen LogP contribution in [0.5, 0.6) is 0 Å². The van der Waals surface area contributed by atoms with Crippen molar-refractivity contribution >= 4 is 17.7 Å². The van der Waals surface area contributed by atoms with Crippen molar-refractivity contribution < 1.29 is 4.79 Å². The van der Waals surface area contributed by atoms with Crippen LogP contribution < -0.4 is 5.32 Å². The zero-order valence-electron chi connectivity index (χ0n) is 12.2. The minimum atomic E-state index is -0.110. The van der Waals surface area contributed by atoms with E-state index in [0.717, 1.165) is 11.3 Å². The van der Waals surface area contributed by atoms with Gasteiger partial charge >= 0.3 is 0 Å². The highest BCUT2D eigenvalue weighted by Crippen LogP contribution is 2.18. The molecular formula is C17H14N4OS. The standard InChI is InChI=1S/C17H14N4OS/c22-16(13-5-2-1-3-6-13)20-12-23-17-19-10-8-15(21-17)14-7-4-9-18-11-14/h1-11H,12H2,(H,20,22). The Morgan fingerprint density at radius 3 is 2.70 bits per heavy atom. The van der Waals surface area contributed by atoms with Gasteiger partial charge in [0.05, 0.1) is 11.6 Å². The highest BCUT2D eigenvalue weighted by Gasteiger charge is 2.06. The summed E-state index contributed by atoms with van der Waals surface area (Å²) in [7, 11) is 0. The second kappa shape index (κ2) is 7.51. The highest BCUT2D eigenvalue weighted by atomic mass is 32.2. The first-order valence-corrected chi connectivity index (χ1v) is 8.01. The smallest absolute Gasteiger partial charge is 0.251 e. The van der Waals surface area contributed by atoms with E-state index in [1.54, 1.807) is 30.7 Å². The molecule has 1 aromatic carbocycles. The maximum Gasteiger partial charge on any atom is 0.251 e.